The minimum atomic E-state index is -5.07. The molecule has 1 aliphatic rings. The number of aromatic nitrogens is 1. The number of benzene rings is 2. The number of alkyl halides is 3. The van der Waals surface area contributed by atoms with Crippen molar-refractivity contribution in [3.63, 3.8) is 0 Å². The summed E-state index contributed by atoms with van der Waals surface area (Å²) in [6.45, 7) is 0. The van der Waals surface area contributed by atoms with Crippen LogP contribution >= 0.6 is 11.6 Å². The molecule has 1 aromatic heterocycles. The van der Waals surface area contributed by atoms with E-state index >= 15 is 0 Å². The zero-order valence-electron chi connectivity index (χ0n) is 13.9. The molecular formula is C19H11ClF4N2O2. The van der Waals surface area contributed by atoms with Gasteiger partial charge in [0.05, 0.1) is 11.4 Å². The fourth-order valence-electron chi connectivity index (χ4n) is 3.05. The maximum Gasteiger partial charge on any atom is 0.428 e. The number of rotatable bonds is 2. The Balaban J connectivity index is 1.84. The van der Waals surface area contributed by atoms with Crippen LogP contribution in [0.1, 0.15) is 5.69 Å². The van der Waals surface area contributed by atoms with Crippen LogP contribution in [-0.2, 0) is 10.3 Å². The Labute approximate surface area is 161 Å². The first-order chi connectivity index (χ1) is 13.2. The molecular weight excluding hydrogens is 400 g/mol. The zero-order chi connectivity index (χ0) is 20.1. The van der Waals surface area contributed by atoms with Gasteiger partial charge in [-0.15, -0.1) is 0 Å². The quantitative estimate of drug-likeness (QED) is 0.344. The molecule has 0 spiro atoms. The number of hydrogen-bond acceptors (Lipinski definition) is 3. The summed E-state index contributed by atoms with van der Waals surface area (Å²) in [6, 6.07) is 11.9. The number of anilines is 1. The number of esters is 1. The van der Waals surface area contributed by atoms with Crippen molar-refractivity contribution in [2.24, 2.45) is 0 Å². The second-order valence-corrected chi connectivity index (χ2v) is 6.63. The van der Waals surface area contributed by atoms with Crippen molar-refractivity contribution >= 4 is 23.3 Å². The second-order valence-electron chi connectivity index (χ2n) is 6.20. The molecule has 0 saturated heterocycles. The Morgan fingerprint density at radius 3 is 2.39 bits per heavy atom. The Hall–Kier alpha value is -3.00. The van der Waals surface area contributed by atoms with E-state index in [-0.39, 0.29) is 11.4 Å². The smallest absolute Gasteiger partial charge is 0.422 e. The molecule has 0 bridgehead atoms. The van der Waals surface area contributed by atoms with E-state index in [4.69, 9.17) is 16.3 Å². The summed E-state index contributed by atoms with van der Waals surface area (Å²) in [5, 5.41) is 2.61. The van der Waals surface area contributed by atoms with Crippen LogP contribution in [0, 0.1) is 5.82 Å². The van der Waals surface area contributed by atoms with E-state index in [1.807, 2.05) is 0 Å². The third kappa shape index (κ3) is 2.80. The lowest BCUT2D eigenvalue weighted by Crippen LogP contribution is -2.59. The van der Waals surface area contributed by atoms with Gasteiger partial charge in [0, 0.05) is 16.8 Å². The first-order valence-corrected chi connectivity index (χ1v) is 8.41. The number of H-pyrrole nitrogens is 1. The first kappa shape index (κ1) is 18.4. The Kier molecular flexibility index (Phi) is 4.11. The molecule has 1 aliphatic heterocycles. The standard InChI is InChI=1S/C19H11ClF4N2O2/c20-11-3-1-10(2-4-11)13-6-8-16(25-13)18(19(22,23)24)17(27)28-15-7-5-12(21)9-14(15)26-18/h1-9,25-26H/t18-/m1/s1. The van der Waals surface area contributed by atoms with E-state index in [9.17, 15) is 22.4 Å². The van der Waals surface area contributed by atoms with Gasteiger partial charge in [-0.05, 0) is 42.0 Å². The van der Waals surface area contributed by atoms with Crippen LogP contribution in [0.2, 0.25) is 5.02 Å². The molecule has 9 heteroatoms. The lowest BCUT2D eigenvalue weighted by molar-refractivity contribution is -0.199. The molecule has 0 aliphatic carbocycles. The van der Waals surface area contributed by atoms with Crippen molar-refractivity contribution < 1.29 is 27.1 Å². The molecule has 2 heterocycles. The normalized spacial score (nSPS) is 19.0. The summed E-state index contributed by atoms with van der Waals surface area (Å²) in [6.07, 6.45) is -5.07. The molecule has 2 aromatic carbocycles. The maximum atomic E-state index is 14.1. The highest BCUT2D eigenvalue weighted by Crippen LogP contribution is 2.47. The SMILES string of the molecule is O=C1Oc2ccc(F)cc2N[C@@]1(c1ccc(-c2ccc(Cl)cc2)[nH]1)C(F)(F)F. The van der Waals surface area contributed by atoms with Crippen molar-refractivity contribution in [2.75, 3.05) is 5.32 Å². The van der Waals surface area contributed by atoms with Crippen LogP contribution < -0.4 is 10.1 Å². The van der Waals surface area contributed by atoms with E-state index in [2.05, 4.69) is 10.3 Å². The van der Waals surface area contributed by atoms with E-state index in [0.29, 0.717) is 16.3 Å². The molecule has 2 N–H and O–H groups in total. The van der Waals surface area contributed by atoms with E-state index in [0.717, 1.165) is 24.3 Å². The Morgan fingerprint density at radius 2 is 1.71 bits per heavy atom. The number of halogens is 5. The summed E-state index contributed by atoms with van der Waals surface area (Å²) in [5.41, 5.74) is -3.05. The van der Waals surface area contributed by atoms with Crippen LogP contribution in [0.4, 0.5) is 23.2 Å². The van der Waals surface area contributed by atoms with E-state index < -0.39 is 29.2 Å². The number of carbonyl (C=O) groups is 1. The number of aromatic amines is 1. The molecule has 1 atom stereocenters. The van der Waals surface area contributed by atoms with Crippen molar-refractivity contribution in [1.29, 1.82) is 0 Å². The van der Waals surface area contributed by atoms with Gasteiger partial charge in [0.15, 0.2) is 5.75 Å². The molecule has 28 heavy (non-hydrogen) atoms. The molecule has 4 rings (SSSR count). The van der Waals surface area contributed by atoms with Crippen molar-refractivity contribution in [1.82, 2.24) is 4.98 Å². The Bertz CT molecular complexity index is 1060. The summed E-state index contributed by atoms with van der Waals surface area (Å²) in [4.78, 5) is 15.1. The van der Waals surface area contributed by atoms with Crippen LogP contribution in [0.3, 0.4) is 0 Å². The lowest BCUT2D eigenvalue weighted by atomic mass is 9.92. The van der Waals surface area contributed by atoms with Gasteiger partial charge in [-0.1, -0.05) is 23.7 Å². The molecule has 0 fully saturated rings. The highest BCUT2D eigenvalue weighted by Gasteiger charge is 2.66. The molecule has 4 nitrogen and oxygen atoms in total. The fourth-order valence-corrected chi connectivity index (χ4v) is 3.17. The molecule has 3 aromatic rings. The first-order valence-electron chi connectivity index (χ1n) is 8.03. The van der Waals surface area contributed by atoms with Gasteiger partial charge in [-0.25, -0.2) is 9.18 Å². The highest BCUT2D eigenvalue weighted by molar-refractivity contribution is 6.30. The predicted octanol–water partition coefficient (Wildman–Crippen LogP) is 5.26. The molecule has 0 amide bonds. The van der Waals surface area contributed by atoms with Gasteiger partial charge in [0.1, 0.15) is 5.82 Å². The molecule has 144 valence electrons. The number of hydrogen-bond donors (Lipinski definition) is 2. The number of nitrogens with one attached hydrogen (secondary N) is 2. The average molecular weight is 411 g/mol. The van der Waals surface area contributed by atoms with Crippen molar-refractivity contribution in [3.8, 4) is 17.0 Å². The maximum absolute atomic E-state index is 14.1. The predicted molar refractivity (Wildman–Crippen MR) is 94.6 cm³/mol. The van der Waals surface area contributed by atoms with Crippen LogP contribution in [0.15, 0.2) is 54.6 Å². The summed E-state index contributed by atoms with van der Waals surface area (Å²) < 4.78 is 60.7. The molecule has 0 unspecified atom stereocenters. The summed E-state index contributed by atoms with van der Waals surface area (Å²) in [5.74, 6) is -2.52. The van der Waals surface area contributed by atoms with E-state index in [1.54, 1.807) is 24.3 Å². The van der Waals surface area contributed by atoms with Gasteiger partial charge in [0.2, 0.25) is 0 Å². The summed E-state index contributed by atoms with van der Waals surface area (Å²) in [7, 11) is 0. The zero-order valence-corrected chi connectivity index (χ0v) is 14.7. The summed E-state index contributed by atoms with van der Waals surface area (Å²) >= 11 is 5.83. The average Bonchev–Trinajstić information content (AvgIpc) is 3.11. The van der Waals surface area contributed by atoms with Gasteiger partial charge >= 0.3 is 12.1 Å². The third-order valence-corrected chi connectivity index (χ3v) is 4.70. The van der Waals surface area contributed by atoms with Crippen LogP contribution in [0.25, 0.3) is 11.3 Å². The number of carbonyl (C=O) groups excluding carboxylic acids is 1. The van der Waals surface area contributed by atoms with Crippen LogP contribution in [-0.4, -0.2) is 17.1 Å². The number of ether oxygens (including phenoxy) is 1. The van der Waals surface area contributed by atoms with Crippen molar-refractivity contribution in [3.05, 3.63) is 71.1 Å². The fraction of sp³-hybridized carbons (Fsp3) is 0.105. The number of fused-ring (bicyclic) bond motifs is 1. The highest BCUT2D eigenvalue weighted by atomic mass is 35.5. The van der Waals surface area contributed by atoms with E-state index in [1.165, 1.54) is 6.07 Å². The topological polar surface area (TPSA) is 54.1 Å². The molecule has 0 saturated carbocycles. The largest absolute Gasteiger partial charge is 0.428 e. The minimum absolute atomic E-state index is 0.184. The monoisotopic (exact) mass is 410 g/mol. The lowest BCUT2D eigenvalue weighted by Gasteiger charge is -2.37. The van der Waals surface area contributed by atoms with Gasteiger partial charge < -0.3 is 15.0 Å². The third-order valence-electron chi connectivity index (χ3n) is 4.44. The Morgan fingerprint density at radius 1 is 1.00 bits per heavy atom. The van der Waals surface area contributed by atoms with Crippen molar-refractivity contribution in [2.45, 2.75) is 11.7 Å². The molecule has 0 radical (unpaired) electrons. The minimum Gasteiger partial charge on any atom is -0.422 e. The van der Waals surface area contributed by atoms with Gasteiger partial charge in [-0.2, -0.15) is 13.2 Å². The van der Waals surface area contributed by atoms with Gasteiger partial charge in [0.25, 0.3) is 5.54 Å². The second kappa shape index (κ2) is 6.27. The van der Waals surface area contributed by atoms with Gasteiger partial charge in [-0.3, -0.25) is 0 Å². The van der Waals surface area contributed by atoms with Crippen LogP contribution in [0.5, 0.6) is 5.75 Å².